The predicted octanol–water partition coefficient (Wildman–Crippen LogP) is 1.80. The monoisotopic (exact) mass is 224 g/mol. The van der Waals surface area contributed by atoms with E-state index in [1.54, 1.807) is 6.92 Å². The van der Waals surface area contributed by atoms with E-state index in [-0.39, 0.29) is 12.2 Å². The Bertz CT molecular complexity index is 419. The number of pyridine rings is 1. The van der Waals surface area contributed by atoms with E-state index in [0.29, 0.717) is 11.4 Å². The summed E-state index contributed by atoms with van der Waals surface area (Å²) in [6, 6.07) is 0. The van der Waals surface area contributed by atoms with Crippen molar-refractivity contribution >= 4 is 11.6 Å². The number of anilines is 1. The molecule has 0 aliphatic heterocycles. The lowest BCUT2D eigenvalue weighted by Crippen LogP contribution is -2.13. The summed E-state index contributed by atoms with van der Waals surface area (Å²) in [4.78, 5) is 15.0. The number of methoxy groups -OCH3 is 1. The summed E-state index contributed by atoms with van der Waals surface area (Å²) >= 11 is 0. The summed E-state index contributed by atoms with van der Waals surface area (Å²) in [6.45, 7) is 5.08. The van der Waals surface area contributed by atoms with Crippen LogP contribution in [0, 0.1) is 12.7 Å². The molecule has 0 atom stereocenters. The molecule has 0 radical (unpaired) electrons. The molecule has 0 saturated heterocycles. The predicted molar refractivity (Wildman–Crippen MR) is 58.5 cm³/mol. The second kappa shape index (κ2) is 5.37. The zero-order chi connectivity index (χ0) is 12.1. The van der Waals surface area contributed by atoms with Crippen LogP contribution in [0.4, 0.5) is 10.1 Å². The minimum Gasteiger partial charge on any atom is -0.380 e. The third-order valence-corrected chi connectivity index (χ3v) is 2.05. The van der Waals surface area contributed by atoms with Crippen molar-refractivity contribution in [3.63, 3.8) is 0 Å². The Hall–Kier alpha value is -1.75. The van der Waals surface area contributed by atoms with Gasteiger partial charge in [0.2, 0.25) is 5.91 Å². The molecular weight excluding hydrogens is 211 g/mol. The normalized spacial score (nSPS) is 9.94. The third kappa shape index (κ3) is 2.64. The molecule has 1 N–H and O–H groups in total. The van der Waals surface area contributed by atoms with E-state index in [9.17, 15) is 9.18 Å². The summed E-state index contributed by atoms with van der Waals surface area (Å²) in [6.07, 6.45) is 2.22. The van der Waals surface area contributed by atoms with Gasteiger partial charge < -0.3 is 10.1 Å². The molecule has 0 saturated carbocycles. The number of carbonyl (C=O) groups excluding carboxylic acids is 1. The van der Waals surface area contributed by atoms with Crippen LogP contribution in [0.3, 0.4) is 0 Å². The quantitative estimate of drug-likeness (QED) is 0.793. The van der Waals surface area contributed by atoms with Crippen LogP contribution in [-0.2, 0) is 16.1 Å². The molecule has 4 nitrogen and oxygen atoms in total. The zero-order valence-electron chi connectivity index (χ0n) is 9.21. The van der Waals surface area contributed by atoms with Crippen molar-refractivity contribution in [2.24, 2.45) is 0 Å². The molecular formula is C11H13FN2O2. The molecule has 1 aromatic rings. The first-order chi connectivity index (χ1) is 7.60. The van der Waals surface area contributed by atoms with Crippen LogP contribution in [0.25, 0.3) is 0 Å². The molecule has 0 unspecified atom stereocenters. The second-order valence-electron chi connectivity index (χ2n) is 3.17. The van der Waals surface area contributed by atoms with Gasteiger partial charge in [0.1, 0.15) is 5.82 Å². The SMILES string of the molecule is C=CC(=O)Nc1c(C)ncc(F)c1COC. The molecule has 0 spiro atoms. The van der Waals surface area contributed by atoms with Crippen molar-refractivity contribution in [2.45, 2.75) is 13.5 Å². The number of amides is 1. The van der Waals surface area contributed by atoms with Gasteiger partial charge in [-0.1, -0.05) is 6.58 Å². The first kappa shape index (κ1) is 12.3. The second-order valence-corrected chi connectivity index (χ2v) is 3.17. The standard InChI is InChI=1S/C11H13FN2O2/c1-4-10(15)14-11-7(2)13-5-9(12)8(11)6-16-3/h4-5H,1,6H2,2-3H3,(H,14,15). The fourth-order valence-corrected chi connectivity index (χ4v) is 1.26. The molecule has 0 fully saturated rings. The van der Waals surface area contributed by atoms with Crippen LogP contribution in [0.1, 0.15) is 11.3 Å². The highest BCUT2D eigenvalue weighted by molar-refractivity contribution is 5.99. The maximum absolute atomic E-state index is 13.5. The van der Waals surface area contributed by atoms with Crippen molar-refractivity contribution in [1.29, 1.82) is 0 Å². The zero-order valence-corrected chi connectivity index (χ0v) is 9.21. The van der Waals surface area contributed by atoms with E-state index in [2.05, 4.69) is 16.9 Å². The first-order valence-corrected chi connectivity index (χ1v) is 4.66. The highest BCUT2D eigenvalue weighted by Gasteiger charge is 2.13. The Morgan fingerprint density at radius 2 is 2.44 bits per heavy atom. The molecule has 0 aliphatic rings. The number of nitrogens with zero attached hydrogens (tertiary/aromatic N) is 1. The number of hydrogen-bond acceptors (Lipinski definition) is 3. The molecule has 1 amide bonds. The highest BCUT2D eigenvalue weighted by atomic mass is 19.1. The van der Waals surface area contributed by atoms with E-state index in [1.807, 2.05) is 0 Å². The molecule has 0 aromatic carbocycles. The minimum atomic E-state index is -0.508. The lowest BCUT2D eigenvalue weighted by molar-refractivity contribution is -0.111. The van der Waals surface area contributed by atoms with E-state index in [4.69, 9.17) is 4.74 Å². The fraction of sp³-hybridized carbons (Fsp3) is 0.273. The Balaban J connectivity index is 3.16. The van der Waals surface area contributed by atoms with Gasteiger partial charge in [-0.2, -0.15) is 0 Å². The molecule has 1 heterocycles. The number of ether oxygens (including phenoxy) is 1. The van der Waals surface area contributed by atoms with Gasteiger partial charge in [0.25, 0.3) is 0 Å². The summed E-state index contributed by atoms with van der Waals surface area (Å²) in [5.74, 6) is -0.917. The fourth-order valence-electron chi connectivity index (χ4n) is 1.26. The molecule has 0 bridgehead atoms. The Labute approximate surface area is 93.1 Å². The number of aryl methyl sites for hydroxylation is 1. The average Bonchev–Trinajstić information content (AvgIpc) is 2.28. The van der Waals surface area contributed by atoms with Gasteiger partial charge in [-0.05, 0) is 13.0 Å². The summed E-state index contributed by atoms with van der Waals surface area (Å²) in [5.41, 5.74) is 1.15. The van der Waals surface area contributed by atoms with Gasteiger partial charge in [0.05, 0.1) is 24.2 Å². The molecule has 0 aliphatic carbocycles. The number of halogens is 1. The number of aromatic nitrogens is 1. The number of hydrogen-bond donors (Lipinski definition) is 1. The maximum Gasteiger partial charge on any atom is 0.247 e. The summed E-state index contributed by atoms with van der Waals surface area (Å²) in [5, 5.41) is 2.51. The third-order valence-electron chi connectivity index (χ3n) is 2.05. The number of carbonyl (C=O) groups is 1. The van der Waals surface area contributed by atoms with E-state index in [1.165, 1.54) is 7.11 Å². The van der Waals surface area contributed by atoms with Gasteiger partial charge in [-0.3, -0.25) is 9.78 Å². The largest absolute Gasteiger partial charge is 0.380 e. The van der Waals surface area contributed by atoms with E-state index in [0.717, 1.165) is 12.3 Å². The van der Waals surface area contributed by atoms with Crippen LogP contribution in [0.2, 0.25) is 0 Å². The van der Waals surface area contributed by atoms with Crippen LogP contribution < -0.4 is 5.32 Å². The van der Waals surface area contributed by atoms with Gasteiger partial charge >= 0.3 is 0 Å². The average molecular weight is 224 g/mol. The van der Waals surface area contributed by atoms with Crippen LogP contribution in [0.5, 0.6) is 0 Å². The van der Waals surface area contributed by atoms with Crippen molar-refractivity contribution < 1.29 is 13.9 Å². The van der Waals surface area contributed by atoms with Crippen LogP contribution in [-0.4, -0.2) is 18.0 Å². The summed E-state index contributed by atoms with van der Waals surface area (Å²) < 4.78 is 18.3. The van der Waals surface area contributed by atoms with Crippen LogP contribution in [0.15, 0.2) is 18.9 Å². The van der Waals surface area contributed by atoms with Crippen LogP contribution >= 0.6 is 0 Å². The van der Waals surface area contributed by atoms with E-state index < -0.39 is 11.7 Å². The maximum atomic E-state index is 13.5. The molecule has 1 aromatic heterocycles. The Kier molecular flexibility index (Phi) is 4.13. The molecule has 86 valence electrons. The van der Waals surface area contributed by atoms with Gasteiger partial charge in [0.15, 0.2) is 0 Å². The lowest BCUT2D eigenvalue weighted by atomic mass is 10.1. The molecule has 5 heteroatoms. The molecule has 1 rings (SSSR count). The van der Waals surface area contributed by atoms with Gasteiger partial charge in [-0.25, -0.2) is 4.39 Å². The highest BCUT2D eigenvalue weighted by Crippen LogP contribution is 2.22. The van der Waals surface area contributed by atoms with Crippen molar-refractivity contribution in [1.82, 2.24) is 4.98 Å². The summed E-state index contributed by atoms with van der Waals surface area (Å²) in [7, 11) is 1.45. The first-order valence-electron chi connectivity index (χ1n) is 4.66. The molecule has 16 heavy (non-hydrogen) atoms. The van der Waals surface area contributed by atoms with Crippen molar-refractivity contribution in [3.05, 3.63) is 35.9 Å². The van der Waals surface area contributed by atoms with Gasteiger partial charge in [0, 0.05) is 12.7 Å². The number of nitrogens with one attached hydrogen (secondary N) is 1. The smallest absolute Gasteiger partial charge is 0.247 e. The van der Waals surface area contributed by atoms with Gasteiger partial charge in [-0.15, -0.1) is 0 Å². The van der Waals surface area contributed by atoms with E-state index >= 15 is 0 Å². The topological polar surface area (TPSA) is 51.2 Å². The van der Waals surface area contributed by atoms with Crippen molar-refractivity contribution in [2.75, 3.05) is 12.4 Å². The Morgan fingerprint density at radius 1 is 1.75 bits per heavy atom. The number of rotatable bonds is 4. The Morgan fingerprint density at radius 3 is 3.00 bits per heavy atom. The lowest BCUT2D eigenvalue weighted by Gasteiger charge is -2.12. The van der Waals surface area contributed by atoms with Crippen molar-refractivity contribution in [3.8, 4) is 0 Å². The minimum absolute atomic E-state index is 0.0714.